The molecule has 0 aliphatic rings. The normalized spacial score (nSPS) is 11.2. The second-order valence-electron chi connectivity index (χ2n) is 5.67. The van der Waals surface area contributed by atoms with Gasteiger partial charge < -0.3 is 15.0 Å². The molecule has 0 amide bonds. The van der Waals surface area contributed by atoms with Gasteiger partial charge in [-0.1, -0.05) is 24.3 Å². The second-order valence-corrected chi connectivity index (χ2v) is 5.67. The van der Waals surface area contributed by atoms with Gasteiger partial charge >= 0.3 is 0 Å². The third kappa shape index (κ3) is 2.61. The van der Waals surface area contributed by atoms with E-state index in [4.69, 9.17) is 0 Å². The molecule has 1 aromatic heterocycles. The van der Waals surface area contributed by atoms with Crippen LogP contribution < -0.4 is 5.56 Å². The summed E-state index contributed by atoms with van der Waals surface area (Å²) in [6.45, 7) is 0.834. The van der Waals surface area contributed by atoms with Gasteiger partial charge in [0.15, 0.2) is 0 Å². The Kier molecular flexibility index (Phi) is 3.69. The van der Waals surface area contributed by atoms with Gasteiger partial charge in [-0.25, -0.2) is 0 Å². The minimum Gasteiger partial charge on any atom is -0.507 e. The number of hydrogen-bond donors (Lipinski definition) is 2. The minimum absolute atomic E-state index is 0.122. The molecule has 4 heteroatoms. The van der Waals surface area contributed by atoms with Crippen molar-refractivity contribution in [1.29, 1.82) is 0 Å². The number of phenols is 1. The Morgan fingerprint density at radius 2 is 1.91 bits per heavy atom. The van der Waals surface area contributed by atoms with E-state index in [2.05, 4.69) is 22.0 Å². The fourth-order valence-corrected chi connectivity index (χ4v) is 2.73. The number of H-pyrrole nitrogens is 1. The predicted octanol–water partition coefficient (Wildman–Crippen LogP) is 2.96. The summed E-state index contributed by atoms with van der Waals surface area (Å²) in [7, 11) is 4.04. The van der Waals surface area contributed by atoms with Crippen LogP contribution in [0.25, 0.3) is 21.9 Å². The molecule has 1 heterocycles. The highest BCUT2D eigenvalue weighted by Crippen LogP contribution is 2.32. The van der Waals surface area contributed by atoms with Crippen molar-refractivity contribution in [2.75, 3.05) is 14.1 Å². The van der Waals surface area contributed by atoms with Crippen LogP contribution in [0.15, 0.2) is 53.5 Å². The molecule has 0 aliphatic heterocycles. The Morgan fingerprint density at radius 3 is 2.68 bits per heavy atom. The second kappa shape index (κ2) is 5.66. The largest absolute Gasteiger partial charge is 0.507 e. The van der Waals surface area contributed by atoms with Crippen molar-refractivity contribution in [3.8, 4) is 16.9 Å². The van der Waals surface area contributed by atoms with Gasteiger partial charge in [-0.05, 0) is 43.4 Å². The topological polar surface area (TPSA) is 56.3 Å². The zero-order valence-electron chi connectivity index (χ0n) is 12.6. The number of nitrogens with zero attached hydrogens (tertiary/aromatic N) is 1. The molecule has 112 valence electrons. The van der Waals surface area contributed by atoms with E-state index >= 15 is 0 Å². The molecule has 2 N–H and O–H groups in total. The van der Waals surface area contributed by atoms with Crippen molar-refractivity contribution in [2.45, 2.75) is 6.54 Å². The number of benzene rings is 2. The zero-order valence-corrected chi connectivity index (χ0v) is 12.6. The van der Waals surface area contributed by atoms with Crippen LogP contribution in [0.5, 0.6) is 5.75 Å². The number of pyridine rings is 1. The first-order valence-electron chi connectivity index (χ1n) is 7.13. The number of fused-ring (bicyclic) bond motifs is 1. The Morgan fingerprint density at radius 1 is 1.14 bits per heavy atom. The van der Waals surface area contributed by atoms with E-state index in [1.54, 1.807) is 24.4 Å². The molecule has 0 radical (unpaired) electrons. The van der Waals surface area contributed by atoms with Gasteiger partial charge in [0.1, 0.15) is 5.75 Å². The molecule has 0 unspecified atom stereocenters. The van der Waals surface area contributed by atoms with E-state index in [9.17, 15) is 9.90 Å². The summed E-state index contributed by atoms with van der Waals surface area (Å²) >= 11 is 0. The lowest BCUT2D eigenvalue weighted by Crippen LogP contribution is -2.10. The number of nitrogens with one attached hydrogen (secondary N) is 1. The Balaban J connectivity index is 2.23. The molecule has 0 atom stereocenters. The third-order valence-electron chi connectivity index (χ3n) is 3.64. The van der Waals surface area contributed by atoms with Crippen LogP contribution in [0.3, 0.4) is 0 Å². The third-order valence-corrected chi connectivity index (χ3v) is 3.64. The first-order chi connectivity index (χ1) is 10.6. The van der Waals surface area contributed by atoms with Crippen molar-refractivity contribution in [1.82, 2.24) is 9.88 Å². The van der Waals surface area contributed by atoms with Crippen LogP contribution in [-0.4, -0.2) is 29.1 Å². The summed E-state index contributed by atoms with van der Waals surface area (Å²) in [5.74, 6) is 0.122. The first-order valence-corrected chi connectivity index (χ1v) is 7.13. The van der Waals surface area contributed by atoms with Crippen molar-refractivity contribution < 1.29 is 5.11 Å². The van der Waals surface area contributed by atoms with Gasteiger partial charge in [0, 0.05) is 23.7 Å². The molecule has 2 aromatic carbocycles. The molecule has 0 saturated heterocycles. The molecule has 22 heavy (non-hydrogen) atoms. The summed E-state index contributed by atoms with van der Waals surface area (Å²) in [4.78, 5) is 16.8. The molecule has 0 spiro atoms. The lowest BCUT2D eigenvalue weighted by atomic mass is 9.98. The van der Waals surface area contributed by atoms with Crippen LogP contribution in [0.4, 0.5) is 0 Å². The fraction of sp³-hybridized carbons (Fsp3) is 0.167. The Hall–Kier alpha value is -2.59. The number of aromatic nitrogens is 1. The number of phenolic OH excluding ortho intramolecular Hbond substituents is 1. The summed E-state index contributed by atoms with van der Waals surface area (Å²) in [5.41, 5.74) is 2.78. The SMILES string of the molecule is CN(C)Cc1cccc(-c2c[nH]c(=O)c3cccc(O)c23)c1. The van der Waals surface area contributed by atoms with Crippen LogP contribution in [0, 0.1) is 0 Å². The Bertz CT molecular complexity index is 882. The summed E-state index contributed by atoms with van der Waals surface area (Å²) < 4.78 is 0. The van der Waals surface area contributed by atoms with Crippen molar-refractivity contribution in [3.05, 3.63) is 64.6 Å². The van der Waals surface area contributed by atoms with Gasteiger partial charge in [0.05, 0.1) is 5.39 Å². The first kappa shape index (κ1) is 14.4. The van der Waals surface area contributed by atoms with Crippen molar-refractivity contribution in [2.24, 2.45) is 0 Å². The quantitative estimate of drug-likeness (QED) is 0.781. The molecular weight excluding hydrogens is 276 g/mol. The highest BCUT2D eigenvalue weighted by molar-refractivity contribution is 5.99. The lowest BCUT2D eigenvalue weighted by molar-refractivity contribution is 0.402. The minimum atomic E-state index is -0.195. The average molecular weight is 294 g/mol. The molecule has 0 bridgehead atoms. The average Bonchev–Trinajstić information content (AvgIpc) is 2.48. The van der Waals surface area contributed by atoms with Crippen molar-refractivity contribution in [3.63, 3.8) is 0 Å². The highest BCUT2D eigenvalue weighted by atomic mass is 16.3. The maximum Gasteiger partial charge on any atom is 0.255 e. The number of hydrogen-bond acceptors (Lipinski definition) is 3. The van der Waals surface area contributed by atoms with E-state index in [1.807, 2.05) is 26.2 Å². The molecule has 0 saturated carbocycles. The molecular formula is C18H18N2O2. The van der Waals surface area contributed by atoms with Gasteiger partial charge in [-0.3, -0.25) is 4.79 Å². The highest BCUT2D eigenvalue weighted by Gasteiger charge is 2.11. The summed E-state index contributed by atoms with van der Waals surface area (Å²) in [6, 6.07) is 13.1. The van der Waals surface area contributed by atoms with Crippen LogP contribution in [0.2, 0.25) is 0 Å². The van der Waals surface area contributed by atoms with Crippen LogP contribution in [0.1, 0.15) is 5.56 Å². The standard InChI is InChI=1S/C18H18N2O2/c1-20(2)11-12-5-3-6-13(9-12)15-10-19-18(22)14-7-4-8-16(21)17(14)15/h3-10,21H,11H2,1-2H3,(H,19,22). The zero-order chi connectivity index (χ0) is 15.7. The summed E-state index contributed by atoms with van der Waals surface area (Å²) in [5, 5.41) is 11.3. The van der Waals surface area contributed by atoms with E-state index < -0.39 is 0 Å². The number of aromatic amines is 1. The number of aromatic hydroxyl groups is 1. The maximum atomic E-state index is 12.0. The van der Waals surface area contributed by atoms with E-state index in [0.29, 0.717) is 10.8 Å². The van der Waals surface area contributed by atoms with Crippen LogP contribution in [-0.2, 0) is 6.54 Å². The number of rotatable bonds is 3. The smallest absolute Gasteiger partial charge is 0.255 e. The summed E-state index contributed by atoms with van der Waals surface area (Å²) in [6.07, 6.45) is 1.67. The fourth-order valence-electron chi connectivity index (χ4n) is 2.73. The van der Waals surface area contributed by atoms with Gasteiger partial charge in [-0.15, -0.1) is 0 Å². The van der Waals surface area contributed by atoms with Crippen molar-refractivity contribution >= 4 is 10.8 Å². The lowest BCUT2D eigenvalue weighted by Gasteiger charge is -2.12. The molecule has 3 aromatic rings. The van der Waals surface area contributed by atoms with E-state index in [0.717, 1.165) is 17.7 Å². The van der Waals surface area contributed by atoms with Gasteiger partial charge in [0.25, 0.3) is 5.56 Å². The van der Waals surface area contributed by atoms with Gasteiger partial charge in [0.2, 0.25) is 0 Å². The Labute approximate surface area is 128 Å². The molecule has 4 nitrogen and oxygen atoms in total. The van der Waals surface area contributed by atoms with Crippen LogP contribution >= 0.6 is 0 Å². The maximum absolute atomic E-state index is 12.0. The van der Waals surface area contributed by atoms with Gasteiger partial charge in [-0.2, -0.15) is 0 Å². The molecule has 0 aliphatic carbocycles. The molecule has 0 fully saturated rings. The van der Waals surface area contributed by atoms with E-state index in [1.165, 1.54) is 5.56 Å². The van der Waals surface area contributed by atoms with E-state index in [-0.39, 0.29) is 11.3 Å². The predicted molar refractivity (Wildman–Crippen MR) is 89.1 cm³/mol. The monoisotopic (exact) mass is 294 g/mol. The molecule has 3 rings (SSSR count).